The van der Waals surface area contributed by atoms with Crippen molar-refractivity contribution in [3.05, 3.63) is 57.8 Å². The van der Waals surface area contributed by atoms with Gasteiger partial charge in [0.15, 0.2) is 11.7 Å². The molecule has 7 nitrogen and oxygen atoms in total. The number of rotatable bonds is 8. The van der Waals surface area contributed by atoms with Crippen molar-refractivity contribution in [3.8, 4) is 5.75 Å². The highest BCUT2D eigenvalue weighted by molar-refractivity contribution is 6.35. The van der Waals surface area contributed by atoms with E-state index in [4.69, 9.17) is 33.0 Å². The standard InChI is InChI=1S/C27H30Cl2F3N3O4/c1-26(2,39-21-8-6-17(28)11-19(21)29)25(38)35-18-9-14-3-4-15(10-18)23(14)20-7-5-16(12-33-20)24(37)34-13-22(36)27(30,31)32/h5-8,11-12,14-15,18,22-23,36H,3-4,9-10,13H2,1-2H3,(H,34,37)(H,35,38). The Morgan fingerprint density at radius 3 is 2.36 bits per heavy atom. The fourth-order valence-electron chi connectivity index (χ4n) is 5.51. The molecule has 0 aliphatic heterocycles. The number of alkyl halides is 3. The summed E-state index contributed by atoms with van der Waals surface area (Å²) in [5, 5.41) is 15.1. The molecule has 2 aliphatic carbocycles. The van der Waals surface area contributed by atoms with Crippen molar-refractivity contribution >= 4 is 35.0 Å². The molecule has 2 aromatic rings. The second kappa shape index (κ2) is 11.5. The lowest BCUT2D eigenvalue weighted by Gasteiger charge is -2.37. The second-order valence-electron chi connectivity index (χ2n) is 10.7. The van der Waals surface area contributed by atoms with Crippen molar-refractivity contribution in [2.24, 2.45) is 11.8 Å². The smallest absolute Gasteiger partial charge is 0.416 e. The van der Waals surface area contributed by atoms with Gasteiger partial charge >= 0.3 is 6.18 Å². The molecule has 3 unspecified atom stereocenters. The monoisotopic (exact) mass is 587 g/mol. The molecule has 39 heavy (non-hydrogen) atoms. The zero-order chi connectivity index (χ0) is 28.5. The molecule has 0 radical (unpaired) electrons. The highest BCUT2D eigenvalue weighted by Gasteiger charge is 2.45. The van der Waals surface area contributed by atoms with Crippen LogP contribution in [-0.2, 0) is 4.79 Å². The summed E-state index contributed by atoms with van der Waals surface area (Å²) in [5.41, 5.74) is -0.230. The third-order valence-electron chi connectivity index (χ3n) is 7.46. The van der Waals surface area contributed by atoms with Crippen LogP contribution in [0.1, 0.15) is 61.5 Å². The predicted octanol–water partition coefficient (Wildman–Crippen LogP) is 5.29. The number of hydrogen-bond donors (Lipinski definition) is 3. The lowest BCUT2D eigenvalue weighted by Crippen LogP contribution is -2.51. The molecule has 12 heteroatoms. The third kappa shape index (κ3) is 6.96. The number of pyridine rings is 1. The summed E-state index contributed by atoms with van der Waals surface area (Å²) >= 11 is 12.1. The summed E-state index contributed by atoms with van der Waals surface area (Å²) in [5.74, 6) is 0.122. The molecule has 2 amide bonds. The number of nitrogens with zero attached hydrogens (tertiary/aromatic N) is 1. The van der Waals surface area contributed by atoms with Crippen molar-refractivity contribution in [2.45, 2.75) is 69.4 Å². The average Bonchev–Trinajstić information content (AvgIpc) is 3.13. The number of hydrogen-bond acceptors (Lipinski definition) is 5. The predicted molar refractivity (Wildman–Crippen MR) is 140 cm³/mol. The summed E-state index contributed by atoms with van der Waals surface area (Å²) in [6, 6.07) is 8.06. The first-order valence-corrected chi connectivity index (χ1v) is 13.4. The number of amides is 2. The maximum absolute atomic E-state index is 13.1. The molecule has 3 atom stereocenters. The molecule has 1 heterocycles. The zero-order valence-corrected chi connectivity index (χ0v) is 22.9. The van der Waals surface area contributed by atoms with Crippen molar-refractivity contribution in [2.75, 3.05) is 6.54 Å². The van der Waals surface area contributed by atoms with Crippen LogP contribution in [0, 0.1) is 11.8 Å². The van der Waals surface area contributed by atoms with Gasteiger partial charge in [-0.15, -0.1) is 0 Å². The van der Waals surface area contributed by atoms with E-state index in [-0.39, 0.29) is 35.3 Å². The van der Waals surface area contributed by atoms with Crippen LogP contribution < -0.4 is 15.4 Å². The summed E-state index contributed by atoms with van der Waals surface area (Å²) in [7, 11) is 0. The molecule has 2 saturated carbocycles. The fraction of sp³-hybridized carbons (Fsp3) is 0.519. The molecule has 2 fully saturated rings. The van der Waals surface area contributed by atoms with Gasteiger partial charge in [-0.1, -0.05) is 23.2 Å². The number of aliphatic hydroxyl groups excluding tert-OH is 1. The minimum absolute atomic E-state index is 0.0278. The molecule has 3 N–H and O–H groups in total. The zero-order valence-electron chi connectivity index (χ0n) is 21.4. The van der Waals surface area contributed by atoms with Crippen LogP contribution in [0.4, 0.5) is 13.2 Å². The molecule has 0 spiro atoms. The van der Waals surface area contributed by atoms with Crippen molar-refractivity contribution in [1.82, 2.24) is 15.6 Å². The van der Waals surface area contributed by atoms with E-state index in [0.717, 1.165) is 31.4 Å². The summed E-state index contributed by atoms with van der Waals surface area (Å²) in [6.07, 6.45) is -2.58. The van der Waals surface area contributed by atoms with Gasteiger partial charge in [-0.25, -0.2) is 0 Å². The van der Waals surface area contributed by atoms with E-state index < -0.39 is 30.3 Å². The van der Waals surface area contributed by atoms with Crippen molar-refractivity contribution < 1.29 is 32.6 Å². The second-order valence-corrected chi connectivity index (χ2v) is 11.5. The Balaban J connectivity index is 1.34. The van der Waals surface area contributed by atoms with Gasteiger partial charge in [-0.05, 0) is 81.7 Å². The SMILES string of the molecule is CC(C)(Oc1ccc(Cl)cc1Cl)C(=O)NC1CC2CCC(C1)C2c1ccc(C(=O)NCC(O)C(F)(F)F)cn1. The van der Waals surface area contributed by atoms with Crippen molar-refractivity contribution in [3.63, 3.8) is 0 Å². The van der Waals surface area contributed by atoms with E-state index in [1.165, 1.54) is 12.3 Å². The van der Waals surface area contributed by atoms with Gasteiger partial charge in [0.25, 0.3) is 11.8 Å². The Labute approximate surface area is 234 Å². The van der Waals surface area contributed by atoms with Gasteiger partial charge in [-0.3, -0.25) is 14.6 Å². The Bertz CT molecular complexity index is 1200. The van der Waals surface area contributed by atoms with E-state index in [2.05, 4.69) is 15.6 Å². The molecule has 2 aliphatic rings. The van der Waals surface area contributed by atoms with Crippen LogP contribution in [0.15, 0.2) is 36.5 Å². The number of aromatic nitrogens is 1. The highest BCUT2D eigenvalue weighted by atomic mass is 35.5. The molecule has 1 aromatic carbocycles. The van der Waals surface area contributed by atoms with E-state index in [1.807, 2.05) is 0 Å². The van der Waals surface area contributed by atoms with Crippen LogP contribution >= 0.6 is 23.2 Å². The molecular formula is C27H30Cl2F3N3O4. The molecule has 0 saturated heterocycles. The van der Waals surface area contributed by atoms with Crippen LogP contribution in [0.3, 0.4) is 0 Å². The molecule has 2 bridgehead atoms. The Hall–Kier alpha value is -2.56. The molecule has 4 rings (SSSR count). The number of benzene rings is 1. The van der Waals surface area contributed by atoms with Crippen LogP contribution in [0.2, 0.25) is 10.0 Å². The number of ether oxygens (including phenoxy) is 1. The summed E-state index contributed by atoms with van der Waals surface area (Å²) < 4.78 is 43.3. The normalized spacial score (nSPS) is 23.7. The van der Waals surface area contributed by atoms with E-state index in [1.54, 1.807) is 38.1 Å². The van der Waals surface area contributed by atoms with Crippen LogP contribution in [-0.4, -0.2) is 52.4 Å². The molecule has 212 valence electrons. The lowest BCUT2D eigenvalue weighted by molar-refractivity contribution is -0.201. The van der Waals surface area contributed by atoms with Gasteiger partial charge in [0.2, 0.25) is 0 Å². The highest BCUT2D eigenvalue weighted by Crippen LogP contribution is 2.51. The Morgan fingerprint density at radius 1 is 1.13 bits per heavy atom. The summed E-state index contributed by atoms with van der Waals surface area (Å²) in [6.45, 7) is 2.43. The third-order valence-corrected chi connectivity index (χ3v) is 7.99. The fourth-order valence-corrected chi connectivity index (χ4v) is 5.96. The van der Waals surface area contributed by atoms with Gasteiger partial charge in [0, 0.05) is 28.9 Å². The Morgan fingerprint density at radius 2 is 1.79 bits per heavy atom. The van der Waals surface area contributed by atoms with Crippen LogP contribution in [0.25, 0.3) is 0 Å². The average molecular weight is 588 g/mol. The lowest BCUT2D eigenvalue weighted by atomic mass is 9.74. The summed E-state index contributed by atoms with van der Waals surface area (Å²) in [4.78, 5) is 29.8. The molecular weight excluding hydrogens is 558 g/mol. The van der Waals surface area contributed by atoms with Crippen molar-refractivity contribution in [1.29, 1.82) is 0 Å². The topological polar surface area (TPSA) is 101 Å². The quantitative estimate of drug-likeness (QED) is 0.390. The first-order valence-electron chi connectivity index (χ1n) is 12.7. The maximum atomic E-state index is 13.1. The minimum atomic E-state index is -4.81. The van der Waals surface area contributed by atoms with Crippen LogP contribution in [0.5, 0.6) is 5.75 Å². The Kier molecular flexibility index (Phi) is 8.68. The van der Waals surface area contributed by atoms with Gasteiger partial charge < -0.3 is 20.5 Å². The van der Waals surface area contributed by atoms with E-state index in [9.17, 15) is 22.8 Å². The number of aliphatic hydroxyl groups is 1. The minimum Gasteiger partial charge on any atom is -0.476 e. The maximum Gasteiger partial charge on any atom is 0.416 e. The van der Waals surface area contributed by atoms with Gasteiger partial charge in [0.05, 0.1) is 17.1 Å². The number of fused-ring (bicyclic) bond motifs is 2. The van der Waals surface area contributed by atoms with E-state index in [0.29, 0.717) is 15.8 Å². The van der Waals surface area contributed by atoms with Gasteiger partial charge in [0.1, 0.15) is 5.75 Å². The number of carbonyl (C=O) groups is 2. The number of nitrogens with one attached hydrogen (secondary N) is 2. The van der Waals surface area contributed by atoms with E-state index >= 15 is 0 Å². The largest absolute Gasteiger partial charge is 0.476 e. The van der Waals surface area contributed by atoms with Gasteiger partial charge in [-0.2, -0.15) is 13.2 Å². The molecule has 1 aromatic heterocycles. The first kappa shape index (κ1) is 29.4. The number of halogens is 5. The number of carbonyl (C=O) groups excluding carboxylic acids is 2. The first-order chi connectivity index (χ1) is 18.2.